The number of anilines is 1. The van der Waals surface area contributed by atoms with Crippen LogP contribution < -0.4 is 10.6 Å². The Hall–Kier alpha value is -2.04. The van der Waals surface area contributed by atoms with E-state index in [2.05, 4.69) is 15.4 Å². The van der Waals surface area contributed by atoms with Crippen molar-refractivity contribution in [2.75, 3.05) is 12.4 Å². The summed E-state index contributed by atoms with van der Waals surface area (Å²) in [5, 5.41) is 5.80. The lowest BCUT2D eigenvalue weighted by atomic mass is 10.1. The fourth-order valence-corrected chi connectivity index (χ4v) is 1.58. The Labute approximate surface area is 113 Å². The van der Waals surface area contributed by atoms with Gasteiger partial charge in [-0.25, -0.2) is 4.79 Å². The van der Waals surface area contributed by atoms with Gasteiger partial charge in [0.1, 0.15) is 6.04 Å². The zero-order valence-corrected chi connectivity index (χ0v) is 11.7. The zero-order chi connectivity index (χ0) is 14.4. The molecule has 0 aliphatic rings. The lowest BCUT2D eigenvalue weighted by Crippen LogP contribution is -2.30. The van der Waals surface area contributed by atoms with Gasteiger partial charge in [-0.3, -0.25) is 4.79 Å². The molecule has 0 bridgehead atoms. The summed E-state index contributed by atoms with van der Waals surface area (Å²) in [6, 6.07) is 6.61. The van der Waals surface area contributed by atoms with Crippen molar-refractivity contribution in [1.29, 1.82) is 0 Å². The molecule has 0 radical (unpaired) electrons. The van der Waals surface area contributed by atoms with Crippen molar-refractivity contribution in [1.82, 2.24) is 5.32 Å². The third-order valence-electron chi connectivity index (χ3n) is 2.48. The number of benzene rings is 1. The molecule has 1 aromatic carbocycles. The van der Waals surface area contributed by atoms with Crippen molar-refractivity contribution in [3.05, 3.63) is 29.8 Å². The van der Waals surface area contributed by atoms with E-state index < -0.39 is 6.04 Å². The van der Waals surface area contributed by atoms with Gasteiger partial charge in [0.05, 0.1) is 7.11 Å². The van der Waals surface area contributed by atoms with E-state index in [-0.39, 0.29) is 17.9 Å². The molecule has 1 aromatic rings. The first-order valence-electron chi connectivity index (χ1n) is 6.19. The highest BCUT2D eigenvalue weighted by molar-refractivity contribution is 5.95. The fourth-order valence-electron chi connectivity index (χ4n) is 1.58. The Morgan fingerprint density at radius 3 is 2.47 bits per heavy atom. The van der Waals surface area contributed by atoms with E-state index in [1.54, 1.807) is 31.2 Å². The molecule has 0 aliphatic carbocycles. The molecule has 0 spiro atoms. The third-order valence-corrected chi connectivity index (χ3v) is 2.48. The van der Waals surface area contributed by atoms with Crippen LogP contribution in [0.15, 0.2) is 24.3 Å². The van der Waals surface area contributed by atoms with E-state index in [0.29, 0.717) is 11.3 Å². The lowest BCUT2D eigenvalue weighted by molar-refractivity contribution is -0.141. The first kappa shape index (κ1) is 15.0. The molecule has 0 saturated carbocycles. The maximum Gasteiger partial charge on any atom is 0.327 e. The fraction of sp³-hybridized carbons (Fsp3) is 0.429. The average Bonchev–Trinajstić information content (AvgIpc) is 2.37. The van der Waals surface area contributed by atoms with E-state index in [0.717, 1.165) is 0 Å². The van der Waals surface area contributed by atoms with Crippen LogP contribution >= 0.6 is 0 Å². The second-order valence-corrected chi connectivity index (χ2v) is 4.60. The minimum Gasteiger partial charge on any atom is -0.467 e. The number of carbonyl (C=O) groups excluding carboxylic acids is 2. The van der Waals surface area contributed by atoms with Crippen LogP contribution in [0.3, 0.4) is 0 Å². The van der Waals surface area contributed by atoms with Crippen LogP contribution in [0.25, 0.3) is 0 Å². The standard InChI is InChI=1S/C14H20N2O3/c1-9(2)15-13(17)11-6-5-7-12(8-11)16-10(3)14(18)19-4/h5-10,16H,1-4H3,(H,15,17). The highest BCUT2D eigenvalue weighted by Crippen LogP contribution is 2.12. The molecule has 1 amide bonds. The Balaban J connectivity index is 2.77. The molecular formula is C14H20N2O3. The van der Waals surface area contributed by atoms with Gasteiger partial charge in [-0.15, -0.1) is 0 Å². The molecule has 0 aromatic heterocycles. The normalized spacial score (nSPS) is 11.8. The van der Waals surface area contributed by atoms with E-state index in [1.807, 2.05) is 13.8 Å². The van der Waals surface area contributed by atoms with Crippen molar-refractivity contribution in [3.63, 3.8) is 0 Å². The average molecular weight is 264 g/mol. The predicted molar refractivity (Wildman–Crippen MR) is 74.1 cm³/mol. The molecule has 5 nitrogen and oxygen atoms in total. The van der Waals surface area contributed by atoms with Gasteiger partial charge >= 0.3 is 5.97 Å². The Bertz CT molecular complexity index is 458. The summed E-state index contributed by atoms with van der Waals surface area (Å²) < 4.78 is 4.63. The lowest BCUT2D eigenvalue weighted by Gasteiger charge is -2.14. The number of hydrogen-bond acceptors (Lipinski definition) is 4. The summed E-state index contributed by atoms with van der Waals surface area (Å²) in [6.07, 6.45) is 0. The first-order valence-corrected chi connectivity index (χ1v) is 6.19. The van der Waals surface area contributed by atoms with Gasteiger partial charge < -0.3 is 15.4 Å². The summed E-state index contributed by atoms with van der Waals surface area (Å²) in [5.41, 5.74) is 1.25. The summed E-state index contributed by atoms with van der Waals surface area (Å²) >= 11 is 0. The second kappa shape index (κ2) is 6.78. The van der Waals surface area contributed by atoms with Gasteiger partial charge in [0.25, 0.3) is 5.91 Å². The van der Waals surface area contributed by atoms with Crippen LogP contribution in [0.2, 0.25) is 0 Å². The van der Waals surface area contributed by atoms with Crippen molar-refractivity contribution in [2.24, 2.45) is 0 Å². The Morgan fingerprint density at radius 2 is 1.89 bits per heavy atom. The predicted octanol–water partition coefficient (Wildman–Crippen LogP) is 1.80. The maximum absolute atomic E-state index is 11.9. The minimum absolute atomic E-state index is 0.0816. The Morgan fingerprint density at radius 1 is 1.21 bits per heavy atom. The van der Waals surface area contributed by atoms with Gasteiger partial charge in [0, 0.05) is 17.3 Å². The molecule has 104 valence electrons. The van der Waals surface area contributed by atoms with Gasteiger partial charge in [-0.2, -0.15) is 0 Å². The topological polar surface area (TPSA) is 67.4 Å². The third kappa shape index (κ3) is 4.62. The van der Waals surface area contributed by atoms with Gasteiger partial charge in [-0.05, 0) is 39.0 Å². The van der Waals surface area contributed by atoms with E-state index in [9.17, 15) is 9.59 Å². The molecule has 1 atom stereocenters. The summed E-state index contributed by atoms with van der Waals surface area (Å²) in [6.45, 7) is 5.51. The molecular weight excluding hydrogens is 244 g/mol. The number of esters is 1. The van der Waals surface area contributed by atoms with Crippen molar-refractivity contribution < 1.29 is 14.3 Å². The summed E-state index contributed by atoms with van der Waals surface area (Å²) in [7, 11) is 1.34. The minimum atomic E-state index is -0.464. The molecule has 0 saturated heterocycles. The first-order chi connectivity index (χ1) is 8.93. The number of hydrogen-bond donors (Lipinski definition) is 2. The number of amides is 1. The smallest absolute Gasteiger partial charge is 0.327 e. The van der Waals surface area contributed by atoms with Crippen LogP contribution in [-0.4, -0.2) is 31.1 Å². The van der Waals surface area contributed by atoms with Crippen molar-refractivity contribution in [2.45, 2.75) is 32.9 Å². The van der Waals surface area contributed by atoms with Crippen molar-refractivity contribution in [3.8, 4) is 0 Å². The maximum atomic E-state index is 11.9. The molecule has 5 heteroatoms. The van der Waals surface area contributed by atoms with Crippen LogP contribution in [0, 0.1) is 0 Å². The van der Waals surface area contributed by atoms with Crippen LogP contribution in [0.4, 0.5) is 5.69 Å². The number of nitrogens with one attached hydrogen (secondary N) is 2. The largest absolute Gasteiger partial charge is 0.467 e. The summed E-state index contributed by atoms with van der Waals surface area (Å²) in [4.78, 5) is 23.2. The quantitative estimate of drug-likeness (QED) is 0.796. The second-order valence-electron chi connectivity index (χ2n) is 4.60. The number of ether oxygens (including phenoxy) is 1. The van der Waals surface area contributed by atoms with Gasteiger partial charge in [0.2, 0.25) is 0 Å². The summed E-state index contributed by atoms with van der Waals surface area (Å²) in [5.74, 6) is -0.485. The molecule has 0 heterocycles. The molecule has 0 aliphatic heterocycles. The number of methoxy groups -OCH3 is 1. The highest BCUT2D eigenvalue weighted by atomic mass is 16.5. The van der Waals surface area contributed by atoms with E-state index in [1.165, 1.54) is 7.11 Å². The van der Waals surface area contributed by atoms with E-state index >= 15 is 0 Å². The van der Waals surface area contributed by atoms with Crippen LogP contribution in [-0.2, 0) is 9.53 Å². The zero-order valence-electron chi connectivity index (χ0n) is 11.7. The highest BCUT2D eigenvalue weighted by Gasteiger charge is 2.13. The number of rotatable bonds is 5. The van der Waals surface area contributed by atoms with Gasteiger partial charge in [0.15, 0.2) is 0 Å². The Kier molecular flexibility index (Phi) is 5.36. The van der Waals surface area contributed by atoms with Crippen LogP contribution in [0.5, 0.6) is 0 Å². The monoisotopic (exact) mass is 264 g/mol. The molecule has 1 unspecified atom stereocenters. The molecule has 19 heavy (non-hydrogen) atoms. The van der Waals surface area contributed by atoms with E-state index in [4.69, 9.17) is 0 Å². The molecule has 0 fully saturated rings. The van der Waals surface area contributed by atoms with Gasteiger partial charge in [-0.1, -0.05) is 6.07 Å². The molecule has 1 rings (SSSR count). The van der Waals surface area contributed by atoms with Crippen molar-refractivity contribution >= 4 is 17.6 Å². The number of carbonyl (C=O) groups is 2. The van der Waals surface area contributed by atoms with Crippen LogP contribution in [0.1, 0.15) is 31.1 Å². The SMILES string of the molecule is COC(=O)C(C)Nc1cccc(C(=O)NC(C)C)c1. The molecule has 2 N–H and O–H groups in total.